The fourth-order valence-electron chi connectivity index (χ4n) is 3.02. The van der Waals surface area contributed by atoms with E-state index in [1.807, 2.05) is 42.7 Å². The van der Waals surface area contributed by atoms with Crippen molar-refractivity contribution in [2.75, 3.05) is 0 Å². The molecule has 0 bridgehead atoms. The molecule has 0 amide bonds. The summed E-state index contributed by atoms with van der Waals surface area (Å²) in [4.78, 5) is 13.3. The van der Waals surface area contributed by atoms with Gasteiger partial charge in [0.15, 0.2) is 5.58 Å². The molecular formula is C19H11N3O. The van der Waals surface area contributed by atoms with Gasteiger partial charge in [0.05, 0.1) is 0 Å². The van der Waals surface area contributed by atoms with Gasteiger partial charge in [-0.15, -0.1) is 0 Å². The quantitative estimate of drug-likeness (QED) is 0.454. The van der Waals surface area contributed by atoms with Gasteiger partial charge in [0.1, 0.15) is 17.0 Å². The van der Waals surface area contributed by atoms with E-state index in [0.29, 0.717) is 0 Å². The monoisotopic (exact) mass is 297 g/mol. The van der Waals surface area contributed by atoms with E-state index in [4.69, 9.17) is 4.42 Å². The van der Waals surface area contributed by atoms with E-state index in [2.05, 4.69) is 27.1 Å². The Morgan fingerprint density at radius 1 is 0.696 bits per heavy atom. The average Bonchev–Trinajstić information content (AvgIpc) is 3.00. The molecule has 108 valence electrons. The Labute approximate surface area is 131 Å². The molecule has 4 heteroatoms. The summed E-state index contributed by atoms with van der Waals surface area (Å²) < 4.78 is 6.04. The van der Waals surface area contributed by atoms with Crippen LogP contribution >= 0.6 is 0 Å². The van der Waals surface area contributed by atoms with Gasteiger partial charge in [0.25, 0.3) is 0 Å². The summed E-state index contributed by atoms with van der Waals surface area (Å²) in [7, 11) is 0. The Morgan fingerprint density at radius 3 is 2.57 bits per heavy atom. The lowest BCUT2D eigenvalue weighted by molar-refractivity contribution is 0.667. The van der Waals surface area contributed by atoms with Crippen molar-refractivity contribution >= 4 is 32.7 Å². The molecule has 0 saturated carbocycles. The van der Waals surface area contributed by atoms with Crippen LogP contribution in [0, 0.1) is 0 Å². The minimum Gasteiger partial charge on any atom is -0.454 e. The maximum Gasteiger partial charge on any atom is 0.163 e. The third-order valence-corrected chi connectivity index (χ3v) is 4.09. The van der Waals surface area contributed by atoms with Crippen LogP contribution in [0.15, 0.2) is 71.7 Å². The zero-order valence-electron chi connectivity index (χ0n) is 12.1. The van der Waals surface area contributed by atoms with Gasteiger partial charge in [-0.3, -0.25) is 15.0 Å². The molecule has 0 radical (unpaired) electrons. The normalized spacial score (nSPS) is 11.5. The van der Waals surface area contributed by atoms with Crippen molar-refractivity contribution in [2.45, 2.75) is 0 Å². The summed E-state index contributed by atoms with van der Waals surface area (Å²) >= 11 is 0. The summed E-state index contributed by atoms with van der Waals surface area (Å²) in [6.45, 7) is 0. The molecule has 0 spiro atoms. The molecule has 5 rings (SSSR count). The van der Waals surface area contributed by atoms with Crippen LogP contribution in [0.2, 0.25) is 0 Å². The van der Waals surface area contributed by atoms with Crippen molar-refractivity contribution in [2.24, 2.45) is 0 Å². The lowest BCUT2D eigenvalue weighted by Crippen LogP contribution is -1.89. The first-order chi connectivity index (χ1) is 11.4. The van der Waals surface area contributed by atoms with Gasteiger partial charge >= 0.3 is 0 Å². The van der Waals surface area contributed by atoms with E-state index >= 15 is 0 Å². The smallest absolute Gasteiger partial charge is 0.163 e. The van der Waals surface area contributed by atoms with Crippen LogP contribution in [-0.2, 0) is 0 Å². The molecule has 1 aromatic carbocycles. The van der Waals surface area contributed by atoms with Crippen molar-refractivity contribution in [1.29, 1.82) is 0 Å². The molecule has 4 heterocycles. The molecule has 0 unspecified atom stereocenters. The molecule has 0 aliphatic carbocycles. The van der Waals surface area contributed by atoms with Crippen molar-refractivity contribution in [3.8, 4) is 11.4 Å². The van der Waals surface area contributed by atoms with Crippen molar-refractivity contribution in [3.05, 3.63) is 67.3 Å². The highest BCUT2D eigenvalue weighted by Gasteiger charge is 2.15. The second-order valence-electron chi connectivity index (χ2n) is 5.39. The highest BCUT2D eigenvalue weighted by atomic mass is 16.3. The highest BCUT2D eigenvalue weighted by Crippen LogP contribution is 2.35. The topological polar surface area (TPSA) is 51.8 Å². The van der Waals surface area contributed by atoms with Crippen LogP contribution < -0.4 is 0 Å². The molecule has 4 aromatic heterocycles. The van der Waals surface area contributed by atoms with Crippen LogP contribution in [0.3, 0.4) is 0 Å². The van der Waals surface area contributed by atoms with Crippen LogP contribution in [0.1, 0.15) is 0 Å². The Morgan fingerprint density at radius 2 is 1.57 bits per heavy atom. The van der Waals surface area contributed by atoms with Crippen molar-refractivity contribution < 1.29 is 4.42 Å². The highest BCUT2D eigenvalue weighted by molar-refractivity contribution is 6.10. The first kappa shape index (κ1) is 12.3. The molecule has 5 aromatic rings. The third-order valence-electron chi connectivity index (χ3n) is 4.09. The fraction of sp³-hybridized carbons (Fsp3) is 0. The summed E-state index contributed by atoms with van der Waals surface area (Å²) in [5, 5.41) is 4.20. The Kier molecular flexibility index (Phi) is 2.46. The van der Waals surface area contributed by atoms with Gasteiger partial charge in [-0.2, -0.15) is 0 Å². The largest absolute Gasteiger partial charge is 0.454 e. The van der Waals surface area contributed by atoms with Gasteiger partial charge in [-0.1, -0.05) is 24.3 Å². The van der Waals surface area contributed by atoms with Crippen LogP contribution in [-0.4, -0.2) is 15.0 Å². The van der Waals surface area contributed by atoms with E-state index in [0.717, 1.165) is 44.1 Å². The fourth-order valence-corrected chi connectivity index (χ4v) is 3.02. The molecule has 0 aliphatic heterocycles. The Bertz CT molecular complexity index is 1170. The predicted molar refractivity (Wildman–Crippen MR) is 90.0 cm³/mol. The van der Waals surface area contributed by atoms with Crippen LogP contribution in [0.4, 0.5) is 0 Å². The van der Waals surface area contributed by atoms with E-state index in [9.17, 15) is 0 Å². The van der Waals surface area contributed by atoms with Crippen LogP contribution in [0.25, 0.3) is 44.1 Å². The number of hydrogen-bond donors (Lipinski definition) is 0. The molecule has 0 saturated heterocycles. The second kappa shape index (κ2) is 4.61. The summed E-state index contributed by atoms with van der Waals surface area (Å²) in [5.41, 5.74) is 3.15. The van der Waals surface area contributed by atoms with Gasteiger partial charge < -0.3 is 4.42 Å². The zero-order chi connectivity index (χ0) is 15.2. The molecule has 0 fully saturated rings. The molecule has 0 atom stereocenters. The van der Waals surface area contributed by atoms with Gasteiger partial charge in [-0.25, -0.2) is 0 Å². The van der Waals surface area contributed by atoms with E-state index < -0.39 is 0 Å². The number of hydrogen-bond acceptors (Lipinski definition) is 4. The first-order valence-corrected chi connectivity index (χ1v) is 7.37. The summed E-state index contributed by atoms with van der Waals surface area (Å²) in [6, 6.07) is 14.0. The number of rotatable bonds is 1. The van der Waals surface area contributed by atoms with Gasteiger partial charge in [0, 0.05) is 40.9 Å². The van der Waals surface area contributed by atoms with Crippen LogP contribution in [0.5, 0.6) is 0 Å². The van der Waals surface area contributed by atoms with Gasteiger partial charge in [0.2, 0.25) is 0 Å². The number of aromatic nitrogens is 3. The van der Waals surface area contributed by atoms with Crippen molar-refractivity contribution in [1.82, 2.24) is 15.0 Å². The standard InChI is InChI=1S/C19H11N3O/c1-2-4-13-12(3-1)5-9-21-17(13)18-19-14(6-10-22-18)15-11-20-8-7-16(15)23-19/h1-11H. The lowest BCUT2D eigenvalue weighted by Gasteiger charge is -2.05. The second-order valence-corrected chi connectivity index (χ2v) is 5.39. The predicted octanol–water partition coefficient (Wildman–Crippen LogP) is 4.59. The van der Waals surface area contributed by atoms with Crippen molar-refractivity contribution in [3.63, 3.8) is 0 Å². The number of fused-ring (bicyclic) bond motifs is 4. The van der Waals surface area contributed by atoms with Gasteiger partial charge in [-0.05, 0) is 23.6 Å². The molecular weight excluding hydrogens is 286 g/mol. The minimum absolute atomic E-state index is 0.749. The molecule has 4 nitrogen and oxygen atoms in total. The summed E-state index contributed by atoms with van der Waals surface area (Å²) in [5.74, 6) is 0. The lowest BCUT2D eigenvalue weighted by atomic mass is 10.1. The number of benzene rings is 1. The van der Waals surface area contributed by atoms with E-state index in [1.54, 1.807) is 12.4 Å². The Hall–Kier alpha value is -3.27. The maximum atomic E-state index is 6.04. The minimum atomic E-state index is 0.749. The Balaban J connectivity index is 1.93. The third kappa shape index (κ3) is 1.75. The maximum absolute atomic E-state index is 6.04. The first-order valence-electron chi connectivity index (χ1n) is 7.37. The zero-order valence-corrected chi connectivity index (χ0v) is 12.1. The average molecular weight is 297 g/mol. The molecule has 23 heavy (non-hydrogen) atoms. The molecule has 0 aliphatic rings. The van der Waals surface area contributed by atoms with E-state index in [1.165, 1.54) is 0 Å². The SMILES string of the molecule is c1ccc2c(-c3nccc4c3oc3ccncc34)nccc2c1. The summed E-state index contributed by atoms with van der Waals surface area (Å²) in [6.07, 6.45) is 7.15. The number of nitrogens with zero attached hydrogens (tertiary/aromatic N) is 3. The number of pyridine rings is 3. The van der Waals surface area contributed by atoms with E-state index in [-0.39, 0.29) is 0 Å². The number of furan rings is 1. The molecule has 0 N–H and O–H groups in total.